The Labute approximate surface area is 99.7 Å². The number of hydrogen-bond donors (Lipinski definition) is 0. The minimum absolute atomic E-state index is 0.731. The Bertz CT molecular complexity index is 462. The Morgan fingerprint density at radius 3 is 1.11 bits per heavy atom. The summed E-state index contributed by atoms with van der Waals surface area (Å²) in [6.07, 6.45) is -2.78. The highest BCUT2D eigenvalue weighted by Gasteiger charge is 3.20. The molecule has 2 atom stereocenters. The normalized spacial score (nSPS) is 56.0. The summed E-state index contributed by atoms with van der Waals surface area (Å²) in [5.41, 5.74) is -7.70. The Morgan fingerprint density at radius 2 is 0.842 bits per heavy atom. The number of fused-ring (bicyclic) bond motifs is 2. The zero-order valence-electron chi connectivity index (χ0n) is 8.74. The van der Waals surface area contributed by atoms with E-state index in [1.54, 1.807) is 0 Å². The highest BCUT2D eigenvalue weighted by Crippen LogP contribution is 2.97. The van der Waals surface area contributed by atoms with Crippen molar-refractivity contribution in [1.29, 1.82) is 0 Å². The van der Waals surface area contributed by atoms with Crippen LogP contribution in [0, 0.1) is 10.8 Å². The molecule has 0 aromatic carbocycles. The monoisotopic (exact) mass is 292 g/mol. The van der Waals surface area contributed by atoms with Gasteiger partial charge in [0.05, 0.1) is 12.2 Å². The zero-order valence-corrected chi connectivity index (χ0v) is 8.74. The molecule has 2 heterocycles. The second kappa shape index (κ2) is 2.29. The molecule has 0 radical (unpaired) electrons. The van der Waals surface area contributed by atoms with Crippen LogP contribution in [0.25, 0.3) is 0 Å². The lowest BCUT2D eigenvalue weighted by Gasteiger charge is -2.77. The van der Waals surface area contributed by atoms with Gasteiger partial charge in [0.15, 0.2) is 10.8 Å². The van der Waals surface area contributed by atoms with E-state index in [9.17, 15) is 35.1 Å². The summed E-state index contributed by atoms with van der Waals surface area (Å²) in [6.45, 7) is 0. The average molecular weight is 292 g/mol. The van der Waals surface area contributed by atoms with E-state index >= 15 is 0 Å². The fourth-order valence-electron chi connectivity index (χ4n) is 4.36. The van der Waals surface area contributed by atoms with Crippen molar-refractivity contribution in [2.24, 2.45) is 10.8 Å². The minimum Gasteiger partial charge on any atom is -0.365 e. The van der Waals surface area contributed by atoms with Gasteiger partial charge in [-0.3, -0.25) is 0 Å². The van der Waals surface area contributed by atoms with Crippen molar-refractivity contribution in [2.75, 3.05) is 0 Å². The molecular formula is C10H4F8O. The van der Waals surface area contributed by atoms with Gasteiger partial charge in [-0.15, -0.1) is 0 Å². The van der Waals surface area contributed by atoms with Crippen molar-refractivity contribution >= 4 is 0 Å². The summed E-state index contributed by atoms with van der Waals surface area (Å²) in [4.78, 5) is 0. The molecule has 0 N–H and O–H groups in total. The maximum absolute atomic E-state index is 13.6. The van der Waals surface area contributed by atoms with Crippen LogP contribution in [0.2, 0.25) is 0 Å². The molecule has 0 amide bonds. The lowest BCUT2D eigenvalue weighted by Crippen LogP contribution is -3.02. The number of halogens is 8. The Hall–Kier alpha value is -0.860. The van der Waals surface area contributed by atoms with E-state index in [4.69, 9.17) is 0 Å². The highest BCUT2D eigenvalue weighted by atomic mass is 19.3. The van der Waals surface area contributed by atoms with Gasteiger partial charge in [0, 0.05) is 0 Å². The summed E-state index contributed by atoms with van der Waals surface area (Å²) in [6, 6.07) is 0. The number of alkyl halides is 8. The number of ether oxygens (including phenoxy) is 1. The molecule has 2 unspecified atom stereocenters. The van der Waals surface area contributed by atoms with Crippen LogP contribution in [-0.2, 0) is 4.74 Å². The second-order valence-electron chi connectivity index (χ2n) is 5.28. The van der Waals surface area contributed by atoms with Gasteiger partial charge in [0.1, 0.15) is 0 Å². The molecule has 2 aliphatic carbocycles. The maximum Gasteiger partial charge on any atom is 0.326 e. The van der Waals surface area contributed by atoms with E-state index in [1.807, 2.05) is 0 Å². The first-order valence-electron chi connectivity index (χ1n) is 5.31. The summed E-state index contributed by atoms with van der Waals surface area (Å²) < 4.78 is 113. The van der Waals surface area contributed by atoms with Crippen LogP contribution in [-0.4, -0.2) is 35.9 Å². The van der Waals surface area contributed by atoms with Crippen LogP contribution in [0.15, 0.2) is 12.2 Å². The van der Waals surface area contributed by atoms with Crippen molar-refractivity contribution in [3.8, 4) is 0 Å². The third-order valence-corrected chi connectivity index (χ3v) is 5.00. The number of hydrogen-bond acceptors (Lipinski definition) is 1. The molecular weight excluding hydrogens is 288 g/mol. The van der Waals surface area contributed by atoms with Gasteiger partial charge in [0.2, 0.25) is 0 Å². The smallest absolute Gasteiger partial charge is 0.326 e. The Kier molecular flexibility index (Phi) is 1.44. The molecule has 2 saturated carbocycles. The van der Waals surface area contributed by atoms with E-state index in [0.717, 1.165) is 12.2 Å². The SMILES string of the molecule is FC1(F)C(F)(F)C23C4C=CC(O4)C12C(F)(F)C3(F)F. The van der Waals surface area contributed by atoms with Crippen LogP contribution >= 0.6 is 0 Å². The average Bonchev–Trinajstić information content (AvgIpc) is 2.82. The van der Waals surface area contributed by atoms with Gasteiger partial charge in [-0.25, -0.2) is 0 Å². The van der Waals surface area contributed by atoms with Gasteiger partial charge in [-0.05, 0) is 0 Å². The zero-order chi connectivity index (χ0) is 14.3. The Morgan fingerprint density at radius 1 is 0.579 bits per heavy atom. The third-order valence-electron chi connectivity index (χ3n) is 5.00. The molecule has 4 rings (SSSR count). The van der Waals surface area contributed by atoms with Crippen molar-refractivity contribution in [3.63, 3.8) is 0 Å². The fourth-order valence-corrected chi connectivity index (χ4v) is 4.36. The first-order chi connectivity index (χ1) is 8.46. The van der Waals surface area contributed by atoms with Crippen molar-refractivity contribution in [1.82, 2.24) is 0 Å². The van der Waals surface area contributed by atoms with Crippen molar-refractivity contribution in [2.45, 2.75) is 35.9 Å². The first-order valence-corrected chi connectivity index (χ1v) is 5.31. The second-order valence-corrected chi connectivity index (χ2v) is 5.28. The molecule has 1 nitrogen and oxygen atoms in total. The van der Waals surface area contributed by atoms with Crippen molar-refractivity contribution < 1.29 is 39.9 Å². The summed E-state index contributed by atoms with van der Waals surface area (Å²) in [7, 11) is 0. The molecule has 3 fully saturated rings. The molecule has 0 aromatic rings. The molecule has 2 bridgehead atoms. The largest absolute Gasteiger partial charge is 0.365 e. The molecule has 19 heavy (non-hydrogen) atoms. The molecule has 9 heteroatoms. The predicted molar refractivity (Wildman–Crippen MR) is 42.5 cm³/mol. The predicted octanol–water partition coefficient (Wildman–Crippen LogP) is 2.86. The van der Waals surface area contributed by atoms with Gasteiger partial charge < -0.3 is 4.74 Å². The molecule has 2 aliphatic heterocycles. The molecule has 4 aliphatic rings. The lowest BCUT2D eigenvalue weighted by molar-refractivity contribution is -0.604. The quantitative estimate of drug-likeness (QED) is 0.493. The van der Waals surface area contributed by atoms with Crippen molar-refractivity contribution in [3.05, 3.63) is 12.2 Å². The van der Waals surface area contributed by atoms with Gasteiger partial charge in [-0.2, -0.15) is 35.1 Å². The molecule has 0 aromatic heterocycles. The highest BCUT2D eigenvalue weighted by molar-refractivity contribution is 5.55. The topological polar surface area (TPSA) is 9.23 Å². The fraction of sp³-hybridized carbons (Fsp3) is 0.800. The van der Waals surface area contributed by atoms with E-state index < -0.39 is 46.7 Å². The van der Waals surface area contributed by atoms with Crippen LogP contribution in [0.1, 0.15) is 0 Å². The third kappa shape index (κ3) is 0.568. The van der Waals surface area contributed by atoms with E-state index in [0.29, 0.717) is 0 Å². The van der Waals surface area contributed by atoms with Gasteiger partial charge in [0.25, 0.3) is 0 Å². The maximum atomic E-state index is 13.6. The van der Waals surface area contributed by atoms with Gasteiger partial charge in [-0.1, -0.05) is 12.2 Å². The summed E-state index contributed by atoms with van der Waals surface area (Å²) in [5.74, 6) is -21.0. The van der Waals surface area contributed by atoms with Crippen LogP contribution in [0.5, 0.6) is 0 Å². The van der Waals surface area contributed by atoms with Crippen LogP contribution in [0.4, 0.5) is 35.1 Å². The van der Waals surface area contributed by atoms with E-state index in [1.165, 1.54) is 0 Å². The van der Waals surface area contributed by atoms with E-state index in [2.05, 4.69) is 4.74 Å². The Balaban J connectivity index is 2.09. The molecule has 1 saturated heterocycles. The molecule has 0 spiro atoms. The first kappa shape index (κ1) is 11.9. The summed E-state index contributed by atoms with van der Waals surface area (Å²) >= 11 is 0. The standard InChI is InChI=1S/C10H4F8O/c11-7(12)5-3-1-2-4(19-3)6(5,9(7,15)16)10(17,18)8(5,13)14/h1-4H. The summed E-state index contributed by atoms with van der Waals surface area (Å²) in [5, 5.41) is 0. The van der Waals surface area contributed by atoms with E-state index in [-0.39, 0.29) is 0 Å². The molecule has 106 valence electrons. The van der Waals surface area contributed by atoms with Gasteiger partial charge >= 0.3 is 23.7 Å². The minimum atomic E-state index is -5.24. The lowest BCUT2D eigenvalue weighted by atomic mass is 9.27. The number of rotatable bonds is 0. The van der Waals surface area contributed by atoms with Crippen LogP contribution in [0.3, 0.4) is 0 Å². The van der Waals surface area contributed by atoms with Crippen LogP contribution < -0.4 is 0 Å².